The molecule has 0 aromatic heterocycles. The third-order valence-corrected chi connectivity index (χ3v) is 6.10. The van der Waals surface area contributed by atoms with E-state index < -0.39 is 42.0 Å². The Morgan fingerprint density at radius 3 is 2.50 bits per heavy atom. The number of cyclic esters (lactones) is 1. The number of nitrogens with one attached hydrogen (secondary N) is 2. The number of amides is 3. The second kappa shape index (κ2) is 8.88. The second-order valence-electron chi connectivity index (χ2n) is 9.69. The molecule has 1 saturated carbocycles. The molecule has 2 heterocycles. The fraction of sp³-hybridized carbons (Fsp3) is 0.591. The second-order valence-corrected chi connectivity index (χ2v) is 9.69. The summed E-state index contributed by atoms with van der Waals surface area (Å²) in [7, 11) is 0. The maximum atomic E-state index is 15.0. The van der Waals surface area contributed by atoms with Gasteiger partial charge in [0.25, 0.3) is 5.91 Å². The predicted molar refractivity (Wildman–Crippen MR) is 115 cm³/mol. The zero-order chi connectivity index (χ0) is 24.8. The summed E-state index contributed by atoms with van der Waals surface area (Å²) in [5, 5.41) is 4.92. The maximum Gasteiger partial charge on any atom is 0.414 e. The molecule has 3 aliphatic rings. The smallest absolute Gasteiger partial charge is 0.414 e. The first kappa shape index (κ1) is 24.0. The van der Waals surface area contributed by atoms with Crippen molar-refractivity contribution in [3.8, 4) is 0 Å². The van der Waals surface area contributed by atoms with Gasteiger partial charge in [-0.2, -0.15) is 8.78 Å². The average Bonchev–Trinajstić information content (AvgIpc) is 3.06. The molecule has 3 amide bonds. The molecule has 1 aromatic rings. The van der Waals surface area contributed by atoms with Crippen molar-refractivity contribution in [1.29, 1.82) is 0 Å². The Balaban J connectivity index is 1.36. The van der Waals surface area contributed by atoms with Gasteiger partial charge >= 0.3 is 18.6 Å². The maximum absolute atomic E-state index is 15.0. The van der Waals surface area contributed by atoms with Crippen molar-refractivity contribution in [3.05, 3.63) is 24.0 Å². The lowest BCUT2D eigenvalue weighted by molar-refractivity contribution is -0.131. The van der Waals surface area contributed by atoms with Gasteiger partial charge in [-0.05, 0) is 39.0 Å². The molecule has 0 radical (unpaired) electrons. The Morgan fingerprint density at radius 2 is 1.91 bits per heavy atom. The molecule has 4 rings (SSSR count). The van der Waals surface area contributed by atoms with Gasteiger partial charge in [0.15, 0.2) is 0 Å². The van der Waals surface area contributed by atoms with E-state index in [1.54, 1.807) is 32.9 Å². The number of carbonyl (C=O) groups is 3. The zero-order valence-electron chi connectivity index (χ0n) is 19.0. The minimum absolute atomic E-state index is 0.00277. The molecule has 1 aromatic carbocycles. The summed E-state index contributed by atoms with van der Waals surface area (Å²) in [4.78, 5) is 38.3. The third-order valence-electron chi connectivity index (χ3n) is 6.10. The molecule has 4 atom stereocenters. The van der Waals surface area contributed by atoms with Crippen molar-refractivity contribution in [2.24, 2.45) is 11.8 Å². The number of hydrogen-bond donors (Lipinski definition) is 2. The number of rotatable bonds is 6. The van der Waals surface area contributed by atoms with E-state index in [2.05, 4.69) is 10.6 Å². The minimum atomic E-state index is -3.17. The van der Waals surface area contributed by atoms with Crippen LogP contribution in [0.15, 0.2) is 18.2 Å². The first-order valence-electron chi connectivity index (χ1n) is 11.0. The molecular formula is C22H27F3N4O5. The zero-order valence-corrected chi connectivity index (χ0v) is 19.0. The Kier molecular flexibility index (Phi) is 6.26. The first-order valence-corrected chi connectivity index (χ1v) is 11.0. The number of piperidine rings is 1. The number of alkyl halides is 2. The number of ether oxygens (including phenoxy) is 2. The first-order chi connectivity index (χ1) is 15.9. The van der Waals surface area contributed by atoms with E-state index in [0.29, 0.717) is 18.8 Å². The van der Waals surface area contributed by atoms with Crippen molar-refractivity contribution in [2.75, 3.05) is 36.0 Å². The van der Waals surface area contributed by atoms with E-state index in [1.807, 2.05) is 4.90 Å². The fourth-order valence-corrected chi connectivity index (χ4v) is 4.51. The Labute approximate surface area is 194 Å². The number of anilines is 2. The fourth-order valence-electron chi connectivity index (χ4n) is 4.51. The molecule has 3 fully saturated rings. The lowest BCUT2D eigenvalue weighted by atomic mass is 10.2. The van der Waals surface area contributed by atoms with Crippen LogP contribution in [0.3, 0.4) is 0 Å². The number of nitrogens with zero attached hydrogens (tertiary/aromatic N) is 2. The van der Waals surface area contributed by atoms with Crippen LogP contribution in [-0.2, 0) is 14.3 Å². The molecule has 34 heavy (non-hydrogen) atoms. The largest absolute Gasteiger partial charge is 0.447 e. The summed E-state index contributed by atoms with van der Waals surface area (Å²) in [5.74, 6) is -1.61. The Bertz CT molecular complexity index is 974. The van der Waals surface area contributed by atoms with Gasteiger partial charge in [-0.15, -0.1) is 0 Å². The minimum Gasteiger partial charge on any atom is -0.447 e. The van der Waals surface area contributed by atoms with E-state index in [4.69, 9.17) is 9.47 Å². The van der Waals surface area contributed by atoms with Crippen LogP contribution in [0, 0.1) is 17.7 Å². The van der Waals surface area contributed by atoms with Crippen LogP contribution in [0.1, 0.15) is 20.8 Å². The number of hydrogen-bond acceptors (Lipinski definition) is 6. The van der Waals surface area contributed by atoms with E-state index in [1.165, 1.54) is 6.07 Å². The molecule has 186 valence electrons. The highest BCUT2D eigenvalue weighted by Crippen LogP contribution is 2.47. The summed E-state index contributed by atoms with van der Waals surface area (Å²) in [6.45, 7) is 6.13. The van der Waals surface area contributed by atoms with Crippen LogP contribution >= 0.6 is 0 Å². The summed E-state index contributed by atoms with van der Waals surface area (Å²) in [6, 6.07) is 3.54. The van der Waals surface area contributed by atoms with Gasteiger partial charge in [0, 0.05) is 37.5 Å². The van der Waals surface area contributed by atoms with Crippen LogP contribution in [0.25, 0.3) is 0 Å². The van der Waals surface area contributed by atoms with E-state index in [-0.39, 0.29) is 36.7 Å². The van der Waals surface area contributed by atoms with Crippen LogP contribution < -0.4 is 20.4 Å². The SMILES string of the molecule is CC(C)(C)OC(=O)NC1[C@H]2CN(c3ccc(N4C(=O)OC[C@@H]4CNC(=O)C(F)F)cc3F)C[C@@H]12. The molecule has 0 spiro atoms. The molecule has 12 heteroatoms. The van der Waals surface area contributed by atoms with Crippen molar-refractivity contribution in [1.82, 2.24) is 10.6 Å². The number of carbonyl (C=O) groups excluding carboxylic acids is 3. The summed E-state index contributed by atoms with van der Waals surface area (Å²) in [6.07, 6.45) is -4.39. The summed E-state index contributed by atoms with van der Waals surface area (Å²) >= 11 is 0. The van der Waals surface area contributed by atoms with Gasteiger partial charge in [-0.25, -0.2) is 14.0 Å². The topological polar surface area (TPSA) is 100 Å². The standard InChI is InChI=1S/C22H27F3N4O5/c1-22(2,3)34-20(31)27-17-13-8-28(9-14(13)17)16-5-4-11(6-15(16)23)29-12(10-33-21(29)32)7-26-19(30)18(24)25/h4-6,12-14,17-18H,7-10H2,1-3H3,(H,26,30)(H,27,31)/t12-,13-,14+,17?/m0/s1. The number of alkyl carbamates (subject to hydrolysis) is 1. The molecule has 9 nitrogen and oxygen atoms in total. The van der Waals surface area contributed by atoms with Crippen LogP contribution in [0.2, 0.25) is 0 Å². The van der Waals surface area contributed by atoms with E-state index in [0.717, 1.165) is 4.90 Å². The molecule has 2 aliphatic heterocycles. The molecule has 2 N–H and O–H groups in total. The molecule has 1 unspecified atom stereocenters. The highest BCUT2D eigenvalue weighted by molar-refractivity contribution is 5.91. The number of fused-ring (bicyclic) bond motifs is 1. The van der Waals surface area contributed by atoms with Gasteiger partial charge < -0.3 is 25.0 Å². The third kappa shape index (κ3) is 5.00. The monoisotopic (exact) mass is 484 g/mol. The van der Waals surface area contributed by atoms with E-state index >= 15 is 0 Å². The summed E-state index contributed by atoms with van der Waals surface area (Å²) < 4.78 is 50.1. The van der Waals surface area contributed by atoms with E-state index in [9.17, 15) is 27.6 Å². The van der Waals surface area contributed by atoms with Crippen molar-refractivity contribution < 1.29 is 37.0 Å². The van der Waals surface area contributed by atoms with Gasteiger partial charge in [0.1, 0.15) is 18.0 Å². The van der Waals surface area contributed by atoms with Crippen molar-refractivity contribution in [3.63, 3.8) is 0 Å². The molecule has 2 saturated heterocycles. The lowest BCUT2D eigenvalue weighted by Crippen LogP contribution is -2.44. The molecular weight excluding hydrogens is 457 g/mol. The molecule has 0 bridgehead atoms. The van der Waals surface area contributed by atoms with Gasteiger partial charge in [0.05, 0.1) is 17.4 Å². The highest BCUT2D eigenvalue weighted by Gasteiger charge is 2.57. The normalized spacial score (nSPS) is 25.8. The Hall–Kier alpha value is -3.18. The van der Waals surface area contributed by atoms with Crippen molar-refractivity contribution >= 4 is 29.5 Å². The summed E-state index contributed by atoms with van der Waals surface area (Å²) in [5.41, 5.74) is -0.0174. The number of halogens is 3. The van der Waals surface area contributed by atoms with Gasteiger partial charge in [-0.3, -0.25) is 9.69 Å². The predicted octanol–water partition coefficient (Wildman–Crippen LogP) is 2.49. The van der Waals surface area contributed by atoms with Gasteiger partial charge in [-0.1, -0.05) is 0 Å². The van der Waals surface area contributed by atoms with Crippen molar-refractivity contribution in [2.45, 2.75) is 44.9 Å². The highest BCUT2D eigenvalue weighted by atomic mass is 19.3. The van der Waals surface area contributed by atoms with Crippen LogP contribution in [-0.4, -0.2) is 68.4 Å². The molecule has 1 aliphatic carbocycles. The van der Waals surface area contributed by atoms with Crippen LogP contribution in [0.5, 0.6) is 0 Å². The van der Waals surface area contributed by atoms with Crippen LogP contribution in [0.4, 0.5) is 34.1 Å². The number of benzene rings is 1. The Morgan fingerprint density at radius 1 is 1.24 bits per heavy atom. The lowest BCUT2D eigenvalue weighted by Gasteiger charge is -2.26. The van der Waals surface area contributed by atoms with Gasteiger partial charge in [0.2, 0.25) is 0 Å². The average molecular weight is 484 g/mol. The quantitative estimate of drug-likeness (QED) is 0.644.